The van der Waals surface area contributed by atoms with Gasteiger partial charge in [-0.3, -0.25) is 0 Å². The minimum atomic E-state index is 0.0271. The van der Waals surface area contributed by atoms with Crippen LogP contribution in [-0.4, -0.2) is 19.3 Å². The number of hydrogen-bond donors (Lipinski definition) is 1. The van der Waals surface area contributed by atoms with Gasteiger partial charge in [-0.05, 0) is 6.92 Å². The maximum absolute atomic E-state index is 9.47. The molecule has 0 bridgehead atoms. The Hall–Kier alpha value is -1.09. The Morgan fingerprint density at radius 3 is 2.38 bits per heavy atom. The summed E-state index contributed by atoms with van der Waals surface area (Å²) in [7, 11) is 3.03. The molecule has 13 heavy (non-hydrogen) atoms. The number of aromatic hydroxyl groups is 1. The number of ether oxygens (including phenoxy) is 2. The van der Waals surface area contributed by atoms with E-state index < -0.39 is 0 Å². The van der Waals surface area contributed by atoms with Crippen molar-refractivity contribution in [1.82, 2.24) is 0 Å². The van der Waals surface area contributed by atoms with Crippen LogP contribution >= 0.6 is 11.6 Å². The maximum Gasteiger partial charge on any atom is 0.167 e. The van der Waals surface area contributed by atoms with Crippen LogP contribution in [0, 0.1) is 6.92 Å². The van der Waals surface area contributed by atoms with E-state index in [-0.39, 0.29) is 10.8 Å². The summed E-state index contributed by atoms with van der Waals surface area (Å²) in [5, 5.41) is 9.73. The van der Waals surface area contributed by atoms with Crippen molar-refractivity contribution in [2.24, 2.45) is 0 Å². The molecule has 0 saturated heterocycles. The van der Waals surface area contributed by atoms with E-state index in [2.05, 4.69) is 0 Å². The van der Waals surface area contributed by atoms with Crippen LogP contribution in [0.25, 0.3) is 0 Å². The lowest BCUT2D eigenvalue weighted by molar-refractivity contribution is 0.348. The molecule has 0 aliphatic rings. The van der Waals surface area contributed by atoms with Crippen LogP contribution in [0.3, 0.4) is 0 Å². The molecule has 0 heterocycles. The predicted octanol–water partition coefficient (Wildman–Crippen LogP) is 2.37. The van der Waals surface area contributed by atoms with E-state index in [0.717, 1.165) is 0 Å². The fraction of sp³-hybridized carbons (Fsp3) is 0.333. The van der Waals surface area contributed by atoms with Gasteiger partial charge < -0.3 is 14.6 Å². The van der Waals surface area contributed by atoms with Crippen molar-refractivity contribution in [1.29, 1.82) is 0 Å². The number of methoxy groups -OCH3 is 2. The van der Waals surface area contributed by atoms with E-state index in [1.54, 1.807) is 6.92 Å². The first-order valence-corrected chi connectivity index (χ1v) is 4.09. The van der Waals surface area contributed by atoms with Crippen molar-refractivity contribution in [2.75, 3.05) is 14.2 Å². The molecule has 0 spiro atoms. The van der Waals surface area contributed by atoms with Gasteiger partial charge in [0.15, 0.2) is 11.5 Å². The highest BCUT2D eigenvalue weighted by Crippen LogP contribution is 2.41. The zero-order chi connectivity index (χ0) is 10.0. The van der Waals surface area contributed by atoms with E-state index >= 15 is 0 Å². The Labute approximate surface area is 81.9 Å². The zero-order valence-corrected chi connectivity index (χ0v) is 8.47. The molecule has 0 fully saturated rings. The maximum atomic E-state index is 9.47. The molecule has 0 atom stereocenters. The van der Waals surface area contributed by atoms with Gasteiger partial charge in [0.2, 0.25) is 0 Å². The lowest BCUT2D eigenvalue weighted by atomic mass is 10.2. The lowest BCUT2D eigenvalue weighted by Crippen LogP contribution is -1.93. The van der Waals surface area contributed by atoms with Crippen LogP contribution in [0.4, 0.5) is 0 Å². The summed E-state index contributed by atoms with van der Waals surface area (Å²) >= 11 is 5.74. The number of phenols is 1. The summed E-state index contributed by atoms with van der Waals surface area (Å²) in [6, 6.07) is 1.52. The van der Waals surface area contributed by atoms with E-state index in [0.29, 0.717) is 17.1 Å². The average molecular weight is 203 g/mol. The summed E-state index contributed by atoms with van der Waals surface area (Å²) in [5.74, 6) is 1.05. The second-order valence-electron chi connectivity index (χ2n) is 2.57. The highest BCUT2D eigenvalue weighted by atomic mass is 35.5. The Morgan fingerprint density at radius 2 is 1.92 bits per heavy atom. The number of benzene rings is 1. The largest absolute Gasteiger partial charge is 0.506 e. The van der Waals surface area contributed by atoms with E-state index in [4.69, 9.17) is 21.1 Å². The first kappa shape index (κ1) is 9.99. The molecule has 1 aromatic rings. The van der Waals surface area contributed by atoms with Gasteiger partial charge in [0.1, 0.15) is 5.75 Å². The molecular weight excluding hydrogens is 192 g/mol. The topological polar surface area (TPSA) is 38.7 Å². The molecule has 1 aromatic carbocycles. The Bertz CT molecular complexity index is 323. The molecular formula is C9H11ClO3. The molecule has 0 unspecified atom stereocenters. The Morgan fingerprint density at radius 1 is 1.31 bits per heavy atom. The van der Waals surface area contributed by atoms with E-state index in [9.17, 15) is 5.11 Å². The number of phenolic OH excluding ortho intramolecular Hbond substituents is 1. The highest BCUT2D eigenvalue weighted by molar-refractivity contribution is 6.32. The van der Waals surface area contributed by atoms with Gasteiger partial charge in [-0.2, -0.15) is 0 Å². The summed E-state index contributed by atoms with van der Waals surface area (Å²) in [6.45, 7) is 1.71. The molecule has 0 aliphatic carbocycles. The first-order valence-electron chi connectivity index (χ1n) is 3.71. The number of rotatable bonds is 2. The lowest BCUT2D eigenvalue weighted by Gasteiger charge is -2.12. The van der Waals surface area contributed by atoms with Gasteiger partial charge in [-0.25, -0.2) is 0 Å². The van der Waals surface area contributed by atoms with Crippen molar-refractivity contribution in [3.63, 3.8) is 0 Å². The summed E-state index contributed by atoms with van der Waals surface area (Å²) in [6.07, 6.45) is 0. The predicted molar refractivity (Wildman–Crippen MR) is 51.0 cm³/mol. The third-order valence-corrected chi connectivity index (χ3v) is 2.12. The van der Waals surface area contributed by atoms with Gasteiger partial charge in [0.25, 0.3) is 0 Å². The van der Waals surface area contributed by atoms with E-state index in [1.165, 1.54) is 20.3 Å². The zero-order valence-electron chi connectivity index (χ0n) is 7.72. The van der Waals surface area contributed by atoms with Crippen molar-refractivity contribution < 1.29 is 14.6 Å². The molecule has 4 heteroatoms. The van der Waals surface area contributed by atoms with Crippen molar-refractivity contribution in [3.8, 4) is 17.2 Å². The molecule has 1 N–H and O–H groups in total. The van der Waals surface area contributed by atoms with Gasteiger partial charge in [-0.1, -0.05) is 11.6 Å². The van der Waals surface area contributed by atoms with E-state index in [1.807, 2.05) is 0 Å². The normalized spacial score (nSPS) is 9.85. The fourth-order valence-corrected chi connectivity index (χ4v) is 1.37. The van der Waals surface area contributed by atoms with Crippen LogP contribution in [0.5, 0.6) is 17.2 Å². The van der Waals surface area contributed by atoms with Crippen molar-refractivity contribution >= 4 is 11.6 Å². The quantitative estimate of drug-likeness (QED) is 0.800. The van der Waals surface area contributed by atoms with Crippen molar-refractivity contribution in [3.05, 3.63) is 16.7 Å². The van der Waals surface area contributed by atoms with Crippen molar-refractivity contribution in [2.45, 2.75) is 6.92 Å². The summed E-state index contributed by atoms with van der Waals surface area (Å²) in [5.41, 5.74) is 0.576. The highest BCUT2D eigenvalue weighted by Gasteiger charge is 2.14. The standard InChI is InChI=1S/C9H11ClO3/c1-5-8(11)6(10)4-7(12-2)9(5)13-3/h4,11H,1-3H3. The second kappa shape index (κ2) is 3.75. The van der Waals surface area contributed by atoms with Crippen LogP contribution in [0.1, 0.15) is 5.56 Å². The Kier molecular flexibility index (Phi) is 2.88. The SMILES string of the molecule is COc1cc(Cl)c(O)c(C)c1OC. The van der Waals surface area contributed by atoms with Crippen LogP contribution in [-0.2, 0) is 0 Å². The number of hydrogen-bond acceptors (Lipinski definition) is 3. The number of halogens is 1. The molecule has 0 aliphatic heterocycles. The third-order valence-electron chi connectivity index (χ3n) is 1.83. The third kappa shape index (κ3) is 1.65. The summed E-state index contributed by atoms with van der Waals surface area (Å²) < 4.78 is 10.1. The van der Waals surface area contributed by atoms with Crippen LogP contribution in [0.2, 0.25) is 5.02 Å². The molecule has 0 amide bonds. The van der Waals surface area contributed by atoms with Crippen LogP contribution < -0.4 is 9.47 Å². The Balaban J connectivity index is 3.39. The van der Waals surface area contributed by atoms with Crippen LogP contribution in [0.15, 0.2) is 6.07 Å². The average Bonchev–Trinajstić information content (AvgIpc) is 2.13. The second-order valence-corrected chi connectivity index (χ2v) is 2.97. The minimum absolute atomic E-state index is 0.0271. The molecule has 72 valence electrons. The molecule has 1 rings (SSSR count). The van der Waals surface area contributed by atoms with Gasteiger partial charge in [-0.15, -0.1) is 0 Å². The molecule has 0 saturated carbocycles. The monoisotopic (exact) mass is 202 g/mol. The van der Waals surface area contributed by atoms with Gasteiger partial charge in [0.05, 0.1) is 19.2 Å². The first-order chi connectivity index (χ1) is 6.11. The van der Waals surface area contributed by atoms with Gasteiger partial charge >= 0.3 is 0 Å². The van der Waals surface area contributed by atoms with Gasteiger partial charge in [0, 0.05) is 11.6 Å². The molecule has 0 radical (unpaired) electrons. The molecule has 0 aromatic heterocycles. The smallest absolute Gasteiger partial charge is 0.167 e. The molecule has 3 nitrogen and oxygen atoms in total. The fourth-order valence-electron chi connectivity index (χ4n) is 1.13. The summed E-state index contributed by atoms with van der Waals surface area (Å²) in [4.78, 5) is 0. The minimum Gasteiger partial charge on any atom is -0.506 e.